The zero-order valence-corrected chi connectivity index (χ0v) is 14.1. The van der Waals surface area contributed by atoms with Gasteiger partial charge < -0.3 is 10.2 Å². The maximum atomic E-state index is 12.5. The van der Waals surface area contributed by atoms with Crippen LogP contribution in [0.15, 0.2) is 0 Å². The van der Waals surface area contributed by atoms with Crippen molar-refractivity contribution in [3.63, 3.8) is 0 Å². The molecular weight excluding hydrogens is 276 g/mol. The van der Waals surface area contributed by atoms with E-state index in [0.29, 0.717) is 25.7 Å². The molecule has 1 unspecified atom stereocenters. The summed E-state index contributed by atoms with van der Waals surface area (Å²) in [6.45, 7) is 8.51. The minimum atomic E-state index is -3.30. The van der Waals surface area contributed by atoms with Gasteiger partial charge in [-0.1, -0.05) is 13.8 Å². The molecule has 0 amide bonds. The summed E-state index contributed by atoms with van der Waals surface area (Å²) in [4.78, 5) is 2.25. The van der Waals surface area contributed by atoms with E-state index in [0.717, 1.165) is 32.5 Å². The second-order valence-corrected chi connectivity index (χ2v) is 7.47. The van der Waals surface area contributed by atoms with Gasteiger partial charge in [-0.3, -0.25) is 0 Å². The molecule has 1 aliphatic rings. The molecule has 1 aliphatic heterocycles. The van der Waals surface area contributed by atoms with Gasteiger partial charge in [0.15, 0.2) is 0 Å². The number of nitrogens with one attached hydrogen (secondary N) is 1. The van der Waals surface area contributed by atoms with Gasteiger partial charge in [-0.05, 0) is 33.0 Å². The summed E-state index contributed by atoms with van der Waals surface area (Å²) in [5.41, 5.74) is 0. The van der Waals surface area contributed by atoms with E-state index in [1.807, 2.05) is 0 Å². The Balaban J connectivity index is 2.54. The van der Waals surface area contributed by atoms with Gasteiger partial charge in [-0.15, -0.1) is 0 Å². The molecule has 1 N–H and O–H groups in total. The van der Waals surface area contributed by atoms with Crippen molar-refractivity contribution in [1.29, 1.82) is 0 Å². The summed E-state index contributed by atoms with van der Waals surface area (Å²) in [5, 5.41) is 3.21. The highest BCUT2D eigenvalue weighted by Gasteiger charge is 2.33. The molecule has 20 heavy (non-hydrogen) atoms. The van der Waals surface area contributed by atoms with E-state index < -0.39 is 10.2 Å². The van der Waals surface area contributed by atoms with Crippen LogP contribution in [0.2, 0.25) is 0 Å². The van der Waals surface area contributed by atoms with Gasteiger partial charge >= 0.3 is 0 Å². The summed E-state index contributed by atoms with van der Waals surface area (Å²) in [7, 11) is 0.445. The molecule has 120 valence electrons. The van der Waals surface area contributed by atoms with Crippen LogP contribution in [0.1, 0.15) is 26.7 Å². The van der Waals surface area contributed by atoms with Gasteiger partial charge in [0.1, 0.15) is 0 Å². The first kappa shape index (κ1) is 17.8. The Labute approximate surface area is 124 Å². The van der Waals surface area contributed by atoms with Gasteiger partial charge in [0.2, 0.25) is 0 Å². The van der Waals surface area contributed by atoms with Crippen molar-refractivity contribution in [3.8, 4) is 0 Å². The Kier molecular flexibility index (Phi) is 7.39. The smallest absolute Gasteiger partial charge is 0.281 e. The molecule has 1 atom stereocenters. The third kappa shape index (κ3) is 4.66. The second-order valence-electron chi connectivity index (χ2n) is 5.44. The first-order valence-corrected chi connectivity index (χ1v) is 8.95. The van der Waals surface area contributed by atoms with Crippen molar-refractivity contribution in [3.05, 3.63) is 0 Å². The van der Waals surface area contributed by atoms with Crippen molar-refractivity contribution in [2.45, 2.75) is 32.7 Å². The molecule has 6 nitrogen and oxygen atoms in total. The molecule has 0 spiro atoms. The topological polar surface area (TPSA) is 55.9 Å². The Morgan fingerprint density at radius 1 is 1.30 bits per heavy atom. The molecule has 0 aliphatic carbocycles. The standard InChI is InChI=1S/C13H30N4O2S/c1-5-13-12-17(11-10-15(13)3)20(18,19)16(4)9-7-8-14-6-2/h13-14H,5-12H2,1-4H3. The molecule has 0 radical (unpaired) electrons. The van der Waals surface area contributed by atoms with E-state index in [1.54, 1.807) is 11.4 Å². The molecule has 0 saturated carbocycles. The maximum absolute atomic E-state index is 12.5. The lowest BCUT2D eigenvalue weighted by atomic mass is 10.1. The van der Waals surface area contributed by atoms with Crippen molar-refractivity contribution < 1.29 is 8.42 Å². The van der Waals surface area contributed by atoms with E-state index >= 15 is 0 Å². The molecular formula is C13H30N4O2S. The number of likely N-dealkylation sites (N-methyl/N-ethyl adjacent to an activating group) is 1. The number of rotatable bonds is 8. The first-order valence-electron chi connectivity index (χ1n) is 7.55. The average molecular weight is 306 g/mol. The highest BCUT2D eigenvalue weighted by atomic mass is 32.2. The summed E-state index contributed by atoms with van der Waals surface area (Å²) in [5.74, 6) is 0. The van der Waals surface area contributed by atoms with E-state index in [2.05, 4.69) is 31.1 Å². The third-order valence-corrected chi connectivity index (χ3v) is 5.96. The Morgan fingerprint density at radius 2 is 2.00 bits per heavy atom. The van der Waals surface area contributed by atoms with E-state index in [1.165, 1.54) is 4.31 Å². The van der Waals surface area contributed by atoms with Gasteiger partial charge in [-0.2, -0.15) is 17.0 Å². The molecule has 0 aromatic carbocycles. The number of hydrogen-bond acceptors (Lipinski definition) is 4. The number of piperazine rings is 1. The number of hydrogen-bond donors (Lipinski definition) is 1. The monoisotopic (exact) mass is 306 g/mol. The largest absolute Gasteiger partial charge is 0.317 e. The van der Waals surface area contributed by atoms with Crippen LogP contribution in [0.25, 0.3) is 0 Å². The van der Waals surface area contributed by atoms with Crippen LogP contribution < -0.4 is 5.32 Å². The summed E-state index contributed by atoms with van der Waals surface area (Å²) in [6.07, 6.45) is 1.82. The quantitative estimate of drug-likeness (QED) is 0.651. The van der Waals surface area contributed by atoms with Gasteiger partial charge in [0.05, 0.1) is 0 Å². The fourth-order valence-electron chi connectivity index (χ4n) is 2.48. The van der Waals surface area contributed by atoms with Crippen LogP contribution in [0.3, 0.4) is 0 Å². The lowest BCUT2D eigenvalue weighted by molar-refractivity contribution is 0.139. The molecule has 0 aromatic heterocycles. The van der Waals surface area contributed by atoms with Crippen molar-refractivity contribution in [2.24, 2.45) is 0 Å². The fraction of sp³-hybridized carbons (Fsp3) is 1.00. The third-order valence-electron chi connectivity index (χ3n) is 4.01. The highest BCUT2D eigenvalue weighted by Crippen LogP contribution is 2.16. The zero-order valence-electron chi connectivity index (χ0n) is 13.3. The van der Waals surface area contributed by atoms with Gasteiger partial charge in [0, 0.05) is 39.3 Å². The van der Waals surface area contributed by atoms with E-state index in [9.17, 15) is 8.42 Å². The number of nitrogens with zero attached hydrogens (tertiary/aromatic N) is 3. The lowest BCUT2D eigenvalue weighted by Crippen LogP contribution is -2.55. The van der Waals surface area contributed by atoms with E-state index in [4.69, 9.17) is 0 Å². The molecule has 1 saturated heterocycles. The molecule has 1 rings (SSSR count). The van der Waals surface area contributed by atoms with Crippen molar-refractivity contribution in [2.75, 3.05) is 53.4 Å². The average Bonchev–Trinajstić information content (AvgIpc) is 2.43. The predicted octanol–water partition coefficient (Wildman–Crippen LogP) is 0.189. The summed E-state index contributed by atoms with van der Waals surface area (Å²) >= 11 is 0. The Bertz CT molecular complexity index is 375. The SMILES string of the molecule is CCNCCCN(C)S(=O)(=O)N1CCN(C)C(CC)C1. The highest BCUT2D eigenvalue weighted by molar-refractivity contribution is 7.86. The van der Waals surface area contributed by atoms with Crippen LogP contribution in [-0.4, -0.2) is 81.3 Å². The fourth-order valence-corrected chi connectivity index (χ4v) is 3.91. The minimum absolute atomic E-state index is 0.327. The minimum Gasteiger partial charge on any atom is -0.317 e. The van der Waals surface area contributed by atoms with E-state index in [-0.39, 0.29) is 0 Å². The van der Waals surface area contributed by atoms with Crippen LogP contribution in [-0.2, 0) is 10.2 Å². The van der Waals surface area contributed by atoms with Crippen LogP contribution in [0, 0.1) is 0 Å². The van der Waals surface area contributed by atoms with Gasteiger partial charge in [-0.25, -0.2) is 0 Å². The Hall–Kier alpha value is -0.210. The summed E-state index contributed by atoms with van der Waals surface area (Å²) in [6, 6.07) is 0.327. The maximum Gasteiger partial charge on any atom is 0.281 e. The van der Waals surface area contributed by atoms with Crippen LogP contribution >= 0.6 is 0 Å². The Morgan fingerprint density at radius 3 is 2.60 bits per heavy atom. The predicted molar refractivity (Wildman–Crippen MR) is 83.0 cm³/mol. The van der Waals surface area contributed by atoms with Gasteiger partial charge in [0.25, 0.3) is 10.2 Å². The van der Waals surface area contributed by atoms with Crippen molar-refractivity contribution >= 4 is 10.2 Å². The molecule has 0 aromatic rings. The molecule has 1 heterocycles. The molecule has 1 fully saturated rings. The van der Waals surface area contributed by atoms with Crippen molar-refractivity contribution in [1.82, 2.24) is 18.8 Å². The van der Waals surface area contributed by atoms with Crippen LogP contribution in [0.4, 0.5) is 0 Å². The zero-order chi connectivity index (χ0) is 15.2. The first-order chi connectivity index (χ1) is 9.43. The summed E-state index contributed by atoms with van der Waals surface area (Å²) < 4.78 is 28.2. The molecule has 0 bridgehead atoms. The normalized spacial score (nSPS) is 22.6. The second kappa shape index (κ2) is 8.29. The lowest BCUT2D eigenvalue weighted by Gasteiger charge is -2.39. The molecule has 7 heteroatoms. The van der Waals surface area contributed by atoms with Crippen LogP contribution in [0.5, 0.6) is 0 Å².